The fourth-order valence-electron chi connectivity index (χ4n) is 4.56. The van der Waals surface area contributed by atoms with Crippen LogP contribution in [-0.2, 0) is 11.3 Å². The summed E-state index contributed by atoms with van der Waals surface area (Å²) in [6, 6.07) is 6.18. The Morgan fingerprint density at radius 1 is 1.20 bits per heavy atom. The van der Waals surface area contributed by atoms with E-state index in [4.69, 9.17) is 9.47 Å². The summed E-state index contributed by atoms with van der Waals surface area (Å²) in [6.07, 6.45) is 7.63. The van der Waals surface area contributed by atoms with E-state index in [9.17, 15) is 4.79 Å². The molecule has 5 heteroatoms. The number of fused-ring (bicyclic) bond motifs is 3. The molecule has 4 rings (SSSR count). The molecule has 2 aliphatic heterocycles. The predicted molar refractivity (Wildman–Crippen MR) is 97.1 cm³/mol. The molecule has 5 nitrogen and oxygen atoms in total. The molecular weight excluding hydrogens is 316 g/mol. The van der Waals surface area contributed by atoms with E-state index in [1.807, 2.05) is 17.0 Å². The van der Waals surface area contributed by atoms with Gasteiger partial charge in [-0.2, -0.15) is 0 Å². The normalized spacial score (nSPS) is 24.9. The summed E-state index contributed by atoms with van der Waals surface area (Å²) in [5.41, 5.74) is 2.15. The van der Waals surface area contributed by atoms with Crippen LogP contribution in [0.2, 0.25) is 0 Å². The number of amides is 1. The van der Waals surface area contributed by atoms with E-state index in [-0.39, 0.29) is 12.1 Å². The maximum atomic E-state index is 12.2. The minimum Gasteiger partial charge on any atom is -0.497 e. The van der Waals surface area contributed by atoms with E-state index in [1.165, 1.54) is 37.7 Å². The molecule has 2 heterocycles. The number of hydrogen-bond donors (Lipinski definition) is 0. The summed E-state index contributed by atoms with van der Waals surface area (Å²) >= 11 is 0. The van der Waals surface area contributed by atoms with Crippen molar-refractivity contribution in [2.75, 3.05) is 31.7 Å². The van der Waals surface area contributed by atoms with E-state index >= 15 is 0 Å². The highest BCUT2D eigenvalue weighted by Crippen LogP contribution is 2.34. The van der Waals surface area contributed by atoms with Gasteiger partial charge in [0, 0.05) is 19.6 Å². The standard InChI is InChI=1S/C20H28N2O3/c1-24-18-7-8-19-16(11-18)13-21(12-15-5-3-2-4-6-15)10-9-17-14-25-20(23)22(17)19/h7-8,11,15,17H,2-6,9-10,12-14H2,1H3/t17-/m0/s1. The highest BCUT2D eigenvalue weighted by molar-refractivity contribution is 5.91. The van der Waals surface area contributed by atoms with Gasteiger partial charge >= 0.3 is 6.09 Å². The molecule has 1 saturated carbocycles. The Morgan fingerprint density at radius 2 is 2.04 bits per heavy atom. The molecule has 25 heavy (non-hydrogen) atoms. The molecule has 1 aromatic carbocycles. The lowest BCUT2D eigenvalue weighted by Gasteiger charge is -2.35. The first kappa shape index (κ1) is 16.7. The van der Waals surface area contributed by atoms with Gasteiger partial charge < -0.3 is 9.47 Å². The number of rotatable bonds is 3. The van der Waals surface area contributed by atoms with Gasteiger partial charge in [0.05, 0.1) is 18.8 Å². The van der Waals surface area contributed by atoms with Gasteiger partial charge in [-0.3, -0.25) is 9.80 Å². The summed E-state index contributed by atoms with van der Waals surface area (Å²) in [6.45, 7) is 3.56. The van der Waals surface area contributed by atoms with Crippen molar-refractivity contribution in [1.82, 2.24) is 4.90 Å². The van der Waals surface area contributed by atoms with E-state index in [0.717, 1.165) is 43.4 Å². The molecule has 1 aromatic rings. The Labute approximate surface area is 149 Å². The number of hydrogen-bond acceptors (Lipinski definition) is 4. The third-order valence-electron chi connectivity index (χ3n) is 5.92. The smallest absolute Gasteiger partial charge is 0.414 e. The van der Waals surface area contributed by atoms with Crippen molar-refractivity contribution in [3.05, 3.63) is 23.8 Å². The zero-order chi connectivity index (χ0) is 17.2. The zero-order valence-electron chi connectivity index (χ0n) is 15.1. The maximum absolute atomic E-state index is 12.2. The van der Waals surface area contributed by atoms with Crippen LogP contribution in [0.25, 0.3) is 0 Å². The van der Waals surface area contributed by atoms with Gasteiger partial charge in [0.25, 0.3) is 0 Å². The summed E-state index contributed by atoms with van der Waals surface area (Å²) in [5, 5.41) is 0. The van der Waals surface area contributed by atoms with Crippen LogP contribution < -0.4 is 9.64 Å². The number of carbonyl (C=O) groups excluding carboxylic acids is 1. The SMILES string of the molecule is COc1ccc2c(c1)CN(CC1CCCCC1)CC[C@H]1COC(=O)N21. The first-order chi connectivity index (χ1) is 12.2. The van der Waals surface area contributed by atoms with Crippen LogP contribution in [0.4, 0.5) is 10.5 Å². The van der Waals surface area contributed by atoms with E-state index < -0.39 is 0 Å². The van der Waals surface area contributed by atoms with Crippen LogP contribution in [0.1, 0.15) is 44.1 Å². The van der Waals surface area contributed by atoms with Gasteiger partial charge in [0.2, 0.25) is 0 Å². The lowest BCUT2D eigenvalue weighted by Crippen LogP contribution is -2.41. The summed E-state index contributed by atoms with van der Waals surface area (Å²) in [7, 11) is 1.69. The lowest BCUT2D eigenvalue weighted by atomic mass is 9.88. The quantitative estimate of drug-likeness (QED) is 0.836. The minimum absolute atomic E-state index is 0.147. The van der Waals surface area contributed by atoms with E-state index in [1.54, 1.807) is 7.11 Å². The molecular formula is C20H28N2O3. The van der Waals surface area contributed by atoms with Crippen molar-refractivity contribution < 1.29 is 14.3 Å². The van der Waals surface area contributed by atoms with Crippen LogP contribution in [0.5, 0.6) is 5.75 Å². The molecule has 0 N–H and O–H groups in total. The predicted octanol–water partition coefficient (Wildman–Crippen LogP) is 3.81. The Hall–Kier alpha value is -1.75. The molecule has 1 amide bonds. The van der Waals surface area contributed by atoms with Crippen LogP contribution in [0.3, 0.4) is 0 Å². The Balaban J connectivity index is 1.60. The molecule has 0 unspecified atom stereocenters. The Kier molecular flexibility index (Phi) is 4.84. The number of carbonyl (C=O) groups is 1. The molecule has 0 aromatic heterocycles. The van der Waals surface area contributed by atoms with Crippen molar-refractivity contribution in [2.24, 2.45) is 5.92 Å². The average molecular weight is 344 g/mol. The summed E-state index contributed by atoms with van der Waals surface area (Å²) in [5.74, 6) is 1.67. The number of anilines is 1. The maximum Gasteiger partial charge on any atom is 0.414 e. The highest BCUT2D eigenvalue weighted by Gasteiger charge is 2.37. The second-order valence-electron chi connectivity index (χ2n) is 7.62. The molecule has 0 spiro atoms. The topological polar surface area (TPSA) is 42.0 Å². The first-order valence-corrected chi connectivity index (χ1v) is 9.60. The van der Waals surface area contributed by atoms with Gasteiger partial charge in [-0.15, -0.1) is 0 Å². The average Bonchev–Trinajstić information content (AvgIpc) is 2.99. The van der Waals surface area contributed by atoms with Crippen molar-refractivity contribution in [3.8, 4) is 5.75 Å². The second kappa shape index (κ2) is 7.24. The van der Waals surface area contributed by atoms with Crippen molar-refractivity contribution in [2.45, 2.75) is 51.1 Å². The third kappa shape index (κ3) is 3.47. The highest BCUT2D eigenvalue weighted by atomic mass is 16.6. The van der Waals surface area contributed by atoms with Gasteiger partial charge in [-0.1, -0.05) is 19.3 Å². The minimum atomic E-state index is -0.211. The van der Waals surface area contributed by atoms with Gasteiger partial charge in [-0.25, -0.2) is 4.79 Å². The monoisotopic (exact) mass is 344 g/mol. The van der Waals surface area contributed by atoms with Gasteiger partial charge in [0.1, 0.15) is 12.4 Å². The fourth-order valence-corrected chi connectivity index (χ4v) is 4.56. The Morgan fingerprint density at radius 3 is 2.84 bits per heavy atom. The number of benzene rings is 1. The lowest BCUT2D eigenvalue weighted by molar-refractivity contribution is 0.173. The Bertz CT molecular complexity index is 627. The first-order valence-electron chi connectivity index (χ1n) is 9.60. The molecule has 0 bridgehead atoms. The second-order valence-corrected chi connectivity index (χ2v) is 7.62. The molecule has 0 radical (unpaired) electrons. The number of ether oxygens (including phenoxy) is 2. The summed E-state index contributed by atoms with van der Waals surface area (Å²) < 4.78 is 10.8. The molecule has 136 valence electrons. The van der Waals surface area contributed by atoms with Gasteiger partial charge in [0.15, 0.2) is 0 Å². The summed E-state index contributed by atoms with van der Waals surface area (Å²) in [4.78, 5) is 16.7. The largest absolute Gasteiger partial charge is 0.497 e. The number of cyclic esters (lactones) is 1. The van der Waals surface area contributed by atoms with Gasteiger partial charge in [-0.05, 0) is 48.9 Å². The van der Waals surface area contributed by atoms with E-state index in [0.29, 0.717) is 6.61 Å². The van der Waals surface area contributed by atoms with Crippen LogP contribution >= 0.6 is 0 Å². The third-order valence-corrected chi connectivity index (χ3v) is 5.92. The van der Waals surface area contributed by atoms with Crippen LogP contribution in [-0.4, -0.2) is 43.8 Å². The molecule has 2 fully saturated rings. The molecule has 1 saturated heterocycles. The van der Waals surface area contributed by atoms with Crippen molar-refractivity contribution in [3.63, 3.8) is 0 Å². The zero-order valence-corrected chi connectivity index (χ0v) is 15.1. The molecule has 1 aliphatic carbocycles. The van der Waals surface area contributed by atoms with Crippen molar-refractivity contribution >= 4 is 11.8 Å². The molecule has 1 atom stereocenters. The van der Waals surface area contributed by atoms with Crippen LogP contribution in [0.15, 0.2) is 18.2 Å². The van der Waals surface area contributed by atoms with Crippen LogP contribution in [0, 0.1) is 5.92 Å². The number of nitrogens with zero attached hydrogens (tertiary/aromatic N) is 2. The van der Waals surface area contributed by atoms with E-state index in [2.05, 4.69) is 11.0 Å². The fraction of sp³-hybridized carbons (Fsp3) is 0.650. The molecule has 3 aliphatic rings. The van der Waals surface area contributed by atoms with Crippen molar-refractivity contribution in [1.29, 1.82) is 0 Å². The number of methoxy groups -OCH3 is 1.